The second-order valence-electron chi connectivity index (χ2n) is 9.86. The number of para-hydroxylation sites is 1. The summed E-state index contributed by atoms with van der Waals surface area (Å²) in [6.07, 6.45) is 9.93. The Labute approximate surface area is 207 Å². The zero-order chi connectivity index (χ0) is 24.5. The lowest BCUT2D eigenvalue weighted by Gasteiger charge is -2.30. The van der Waals surface area contributed by atoms with Gasteiger partial charge in [0.25, 0.3) is 0 Å². The van der Waals surface area contributed by atoms with Crippen molar-refractivity contribution in [3.63, 3.8) is 0 Å². The maximum atomic E-state index is 13.5. The zero-order valence-electron chi connectivity index (χ0n) is 20.6. The molecule has 1 aliphatic rings. The minimum absolute atomic E-state index is 0.0891. The number of carbonyl (C=O) groups excluding carboxylic acids is 2. The van der Waals surface area contributed by atoms with Crippen LogP contribution in [0.5, 0.6) is 0 Å². The SMILES string of the molecule is C[C@@](Cc1c[nH]c2ccccc12)(NC(=O)OC1CCCCCCC1)C(=O)NCCc1ccccc1. The van der Waals surface area contributed by atoms with Crippen molar-refractivity contribution >= 4 is 22.9 Å². The van der Waals surface area contributed by atoms with Crippen molar-refractivity contribution in [3.05, 3.63) is 71.9 Å². The lowest BCUT2D eigenvalue weighted by atomic mass is 9.91. The summed E-state index contributed by atoms with van der Waals surface area (Å²) >= 11 is 0. The number of benzene rings is 2. The predicted molar refractivity (Wildman–Crippen MR) is 139 cm³/mol. The standard InChI is InChI=1S/C29H37N3O3/c1-29(20-23-21-31-26-17-11-10-16-25(23)26,27(33)30-19-18-22-12-6-5-7-13-22)32-28(34)35-24-14-8-3-2-4-9-15-24/h5-7,10-13,16-17,21,24,31H,2-4,8-9,14-15,18-20H2,1H3,(H,30,33)(H,32,34)/t29-/m0/s1. The number of H-pyrrole nitrogens is 1. The van der Waals surface area contributed by atoms with Gasteiger partial charge >= 0.3 is 6.09 Å². The summed E-state index contributed by atoms with van der Waals surface area (Å²) in [5, 5.41) is 7.03. The Hall–Kier alpha value is -3.28. The number of hydrogen-bond acceptors (Lipinski definition) is 3. The van der Waals surface area contributed by atoms with E-state index in [9.17, 15) is 9.59 Å². The molecule has 0 aliphatic heterocycles. The van der Waals surface area contributed by atoms with Crippen molar-refractivity contribution in [2.24, 2.45) is 0 Å². The van der Waals surface area contributed by atoms with Crippen LogP contribution in [-0.2, 0) is 22.4 Å². The molecule has 0 bridgehead atoms. The van der Waals surface area contributed by atoms with Crippen molar-refractivity contribution in [2.75, 3.05) is 6.54 Å². The average Bonchev–Trinajstić information content (AvgIpc) is 3.24. The molecular weight excluding hydrogens is 438 g/mol. The fraction of sp³-hybridized carbons (Fsp3) is 0.448. The van der Waals surface area contributed by atoms with Crippen molar-refractivity contribution in [1.29, 1.82) is 0 Å². The predicted octanol–water partition coefficient (Wildman–Crippen LogP) is 5.67. The molecule has 1 atom stereocenters. The van der Waals surface area contributed by atoms with Gasteiger partial charge in [0.05, 0.1) is 0 Å². The molecule has 1 aromatic heterocycles. The first-order valence-electron chi connectivity index (χ1n) is 12.9. The highest BCUT2D eigenvalue weighted by atomic mass is 16.6. The molecule has 0 radical (unpaired) electrons. The van der Waals surface area contributed by atoms with E-state index >= 15 is 0 Å². The van der Waals surface area contributed by atoms with E-state index in [0.717, 1.165) is 54.1 Å². The van der Waals surface area contributed by atoms with Crippen LogP contribution in [0, 0.1) is 0 Å². The van der Waals surface area contributed by atoms with Crippen LogP contribution in [0.15, 0.2) is 60.8 Å². The zero-order valence-corrected chi connectivity index (χ0v) is 20.6. The van der Waals surface area contributed by atoms with Gasteiger partial charge in [-0.2, -0.15) is 0 Å². The van der Waals surface area contributed by atoms with Crippen molar-refractivity contribution in [2.45, 2.75) is 76.4 Å². The molecule has 0 saturated heterocycles. The number of ether oxygens (including phenoxy) is 1. The van der Waals surface area contributed by atoms with Crippen LogP contribution in [-0.4, -0.2) is 35.2 Å². The fourth-order valence-corrected chi connectivity index (χ4v) is 4.94. The molecule has 186 valence electrons. The molecule has 1 heterocycles. The van der Waals surface area contributed by atoms with Crippen LogP contribution >= 0.6 is 0 Å². The van der Waals surface area contributed by atoms with E-state index in [2.05, 4.69) is 15.6 Å². The largest absolute Gasteiger partial charge is 0.446 e. The first-order chi connectivity index (χ1) is 17.0. The van der Waals surface area contributed by atoms with Gasteiger partial charge in [-0.1, -0.05) is 67.8 Å². The van der Waals surface area contributed by atoms with Crippen LogP contribution in [0.2, 0.25) is 0 Å². The fourth-order valence-electron chi connectivity index (χ4n) is 4.94. The summed E-state index contributed by atoms with van der Waals surface area (Å²) in [4.78, 5) is 29.7. The third-order valence-corrected chi connectivity index (χ3v) is 6.97. The molecule has 1 aliphatic carbocycles. The Balaban J connectivity index is 1.46. The lowest BCUT2D eigenvalue weighted by Crippen LogP contribution is -2.58. The summed E-state index contributed by atoms with van der Waals surface area (Å²) < 4.78 is 5.82. The highest BCUT2D eigenvalue weighted by molar-refractivity contribution is 5.91. The number of fused-ring (bicyclic) bond motifs is 1. The lowest BCUT2D eigenvalue weighted by molar-refractivity contribution is -0.127. The number of hydrogen-bond donors (Lipinski definition) is 3. The van der Waals surface area contributed by atoms with E-state index in [-0.39, 0.29) is 12.0 Å². The van der Waals surface area contributed by atoms with Crippen molar-refractivity contribution < 1.29 is 14.3 Å². The molecule has 6 heteroatoms. The summed E-state index contributed by atoms with van der Waals surface area (Å²) in [5.41, 5.74) is 1.99. The van der Waals surface area contributed by atoms with Gasteiger partial charge in [-0.25, -0.2) is 4.79 Å². The van der Waals surface area contributed by atoms with Gasteiger partial charge in [-0.05, 0) is 56.2 Å². The Morgan fingerprint density at radius 1 is 0.971 bits per heavy atom. The second-order valence-corrected chi connectivity index (χ2v) is 9.86. The van der Waals surface area contributed by atoms with Crippen LogP contribution in [0.4, 0.5) is 4.79 Å². The maximum Gasteiger partial charge on any atom is 0.408 e. The van der Waals surface area contributed by atoms with Crippen LogP contribution in [0.1, 0.15) is 63.0 Å². The quantitative estimate of drug-likeness (QED) is 0.393. The summed E-state index contributed by atoms with van der Waals surface area (Å²) in [5.74, 6) is -0.215. The van der Waals surface area contributed by atoms with Crippen molar-refractivity contribution in [3.8, 4) is 0 Å². The van der Waals surface area contributed by atoms with Gasteiger partial charge in [0.15, 0.2) is 0 Å². The Kier molecular flexibility index (Phi) is 8.45. The van der Waals surface area contributed by atoms with Crippen molar-refractivity contribution in [1.82, 2.24) is 15.6 Å². The number of amides is 2. The summed E-state index contributed by atoms with van der Waals surface area (Å²) in [7, 11) is 0. The molecule has 35 heavy (non-hydrogen) atoms. The Morgan fingerprint density at radius 2 is 1.66 bits per heavy atom. The van der Waals surface area contributed by atoms with Crippen LogP contribution < -0.4 is 10.6 Å². The van der Waals surface area contributed by atoms with Gasteiger partial charge < -0.3 is 20.4 Å². The van der Waals surface area contributed by atoms with E-state index in [1.54, 1.807) is 6.92 Å². The monoisotopic (exact) mass is 475 g/mol. The Bertz CT molecular complexity index is 1100. The molecule has 1 saturated carbocycles. The smallest absolute Gasteiger partial charge is 0.408 e. The van der Waals surface area contributed by atoms with Crippen LogP contribution in [0.25, 0.3) is 10.9 Å². The van der Waals surface area contributed by atoms with E-state index in [1.807, 2.05) is 60.8 Å². The molecule has 3 aromatic rings. The Morgan fingerprint density at radius 3 is 2.43 bits per heavy atom. The van der Waals surface area contributed by atoms with E-state index in [4.69, 9.17) is 4.74 Å². The molecule has 4 rings (SSSR count). The van der Waals surface area contributed by atoms with Crippen LogP contribution in [0.3, 0.4) is 0 Å². The molecule has 6 nitrogen and oxygen atoms in total. The molecule has 2 amide bonds. The van der Waals surface area contributed by atoms with Gasteiger partial charge in [-0.15, -0.1) is 0 Å². The first kappa shape index (κ1) is 24.8. The number of rotatable bonds is 8. The normalized spacial score (nSPS) is 16.6. The average molecular weight is 476 g/mol. The molecule has 1 fully saturated rings. The number of aromatic nitrogens is 1. The highest BCUT2D eigenvalue weighted by Gasteiger charge is 2.37. The summed E-state index contributed by atoms with van der Waals surface area (Å²) in [6.45, 7) is 2.28. The minimum atomic E-state index is -1.15. The first-order valence-corrected chi connectivity index (χ1v) is 12.9. The van der Waals surface area contributed by atoms with E-state index < -0.39 is 11.6 Å². The third kappa shape index (κ3) is 6.87. The van der Waals surface area contributed by atoms with Gasteiger partial charge in [-0.3, -0.25) is 4.79 Å². The molecule has 3 N–H and O–H groups in total. The molecule has 2 aromatic carbocycles. The molecule has 0 unspecified atom stereocenters. The van der Waals surface area contributed by atoms with E-state index in [1.165, 1.54) is 19.3 Å². The van der Waals surface area contributed by atoms with E-state index in [0.29, 0.717) is 13.0 Å². The number of alkyl carbamates (subject to hydrolysis) is 1. The van der Waals surface area contributed by atoms with Gasteiger partial charge in [0.2, 0.25) is 5.91 Å². The summed E-state index contributed by atoms with van der Waals surface area (Å²) in [6, 6.07) is 18.0. The second kappa shape index (κ2) is 11.9. The maximum absolute atomic E-state index is 13.5. The van der Waals surface area contributed by atoms with Gasteiger partial charge in [0.1, 0.15) is 11.6 Å². The number of aromatic amines is 1. The molecular formula is C29H37N3O3. The highest BCUT2D eigenvalue weighted by Crippen LogP contribution is 2.24. The number of carbonyl (C=O) groups is 2. The number of nitrogens with one attached hydrogen (secondary N) is 3. The topological polar surface area (TPSA) is 83.2 Å². The minimum Gasteiger partial charge on any atom is -0.446 e. The third-order valence-electron chi connectivity index (χ3n) is 6.97. The van der Waals surface area contributed by atoms with Gasteiger partial charge in [0, 0.05) is 30.1 Å². The molecule has 0 spiro atoms.